The maximum absolute atomic E-state index is 14.6. The van der Waals surface area contributed by atoms with Gasteiger partial charge in [-0.15, -0.1) is 11.3 Å². The molecule has 2 aromatic carbocycles. The maximum atomic E-state index is 14.6. The lowest BCUT2D eigenvalue weighted by molar-refractivity contribution is -0.117. The predicted molar refractivity (Wildman–Crippen MR) is 114 cm³/mol. The van der Waals surface area contributed by atoms with E-state index in [1.165, 1.54) is 17.5 Å². The van der Waals surface area contributed by atoms with Crippen molar-refractivity contribution < 1.29 is 28.6 Å². The number of hydrogen-bond acceptors (Lipinski definition) is 5. The Labute approximate surface area is 185 Å². The second-order valence-electron chi connectivity index (χ2n) is 6.91. The van der Waals surface area contributed by atoms with Crippen LogP contribution in [0.15, 0.2) is 47.8 Å². The third-order valence-electron chi connectivity index (χ3n) is 4.86. The summed E-state index contributed by atoms with van der Waals surface area (Å²) < 4.78 is 20.5. The molecule has 2 amide bonds. The van der Waals surface area contributed by atoms with Crippen molar-refractivity contribution in [1.82, 2.24) is 0 Å². The number of imide groups is 1. The Morgan fingerprint density at radius 1 is 1.26 bits per heavy atom. The van der Waals surface area contributed by atoms with Crippen LogP contribution in [0.1, 0.15) is 44.2 Å². The minimum absolute atomic E-state index is 0.0879. The van der Waals surface area contributed by atoms with Crippen molar-refractivity contribution in [3.8, 4) is 5.75 Å². The molecule has 0 bridgehead atoms. The summed E-state index contributed by atoms with van der Waals surface area (Å²) in [7, 11) is 0. The summed E-state index contributed by atoms with van der Waals surface area (Å²) in [5, 5.41) is 11.4. The highest BCUT2D eigenvalue weighted by Gasteiger charge is 2.38. The summed E-state index contributed by atoms with van der Waals surface area (Å²) in [6, 6.07) is 10.8. The van der Waals surface area contributed by atoms with Crippen LogP contribution in [0.3, 0.4) is 0 Å². The van der Waals surface area contributed by atoms with Crippen LogP contribution in [0.4, 0.5) is 10.1 Å². The normalized spacial score (nSPS) is 14.4. The van der Waals surface area contributed by atoms with Crippen molar-refractivity contribution in [2.75, 3.05) is 4.90 Å². The van der Waals surface area contributed by atoms with Gasteiger partial charge in [0, 0.05) is 11.1 Å². The van der Waals surface area contributed by atoms with E-state index in [-0.39, 0.29) is 28.3 Å². The van der Waals surface area contributed by atoms with Gasteiger partial charge in [0.25, 0.3) is 5.91 Å². The Hall–Kier alpha value is -3.23. The second kappa shape index (κ2) is 8.13. The monoisotopic (exact) mass is 459 g/mol. The lowest BCUT2D eigenvalue weighted by Crippen LogP contribution is -2.43. The average molecular weight is 460 g/mol. The van der Waals surface area contributed by atoms with E-state index in [0.29, 0.717) is 15.5 Å². The standard InChI is InChI=1S/C22H15ClFNO5S/c1-11(12-3-2-4-14(23)7-12)30-15-5-6-16(24)17(9-15)25-18(26)8-13-10-31-20(22(28)29)19(13)21(25)27/h2-7,9-11H,8H2,1H3,(H,28,29). The topological polar surface area (TPSA) is 83.9 Å². The molecule has 0 fully saturated rings. The van der Waals surface area contributed by atoms with Crippen LogP contribution in [0.5, 0.6) is 5.75 Å². The Kier molecular flexibility index (Phi) is 5.51. The summed E-state index contributed by atoms with van der Waals surface area (Å²) >= 11 is 6.87. The Balaban J connectivity index is 1.68. The third kappa shape index (κ3) is 3.92. The lowest BCUT2D eigenvalue weighted by Gasteiger charge is -2.26. The van der Waals surface area contributed by atoms with Gasteiger partial charge in [-0.1, -0.05) is 23.7 Å². The van der Waals surface area contributed by atoms with Crippen LogP contribution in [0.25, 0.3) is 0 Å². The van der Waals surface area contributed by atoms with Crippen molar-refractivity contribution in [3.63, 3.8) is 0 Å². The number of carboxylic acids is 1. The molecule has 158 valence electrons. The summed E-state index contributed by atoms with van der Waals surface area (Å²) in [6.45, 7) is 1.78. The molecule has 0 saturated carbocycles. The number of anilines is 1. The van der Waals surface area contributed by atoms with E-state index in [1.54, 1.807) is 25.1 Å². The number of aromatic carboxylic acids is 1. The van der Waals surface area contributed by atoms with Gasteiger partial charge in [-0.3, -0.25) is 9.59 Å². The van der Waals surface area contributed by atoms with E-state index in [4.69, 9.17) is 16.3 Å². The molecule has 6 nitrogen and oxygen atoms in total. The van der Waals surface area contributed by atoms with E-state index in [0.717, 1.165) is 23.0 Å². The highest BCUT2D eigenvalue weighted by Crippen LogP contribution is 2.35. The molecule has 1 N–H and O–H groups in total. The molecule has 0 radical (unpaired) electrons. The molecule has 0 saturated heterocycles. The molecule has 9 heteroatoms. The molecule has 1 aromatic heterocycles. The minimum Gasteiger partial charge on any atom is -0.486 e. The summed E-state index contributed by atoms with van der Waals surface area (Å²) in [6.07, 6.45) is -0.638. The molecule has 0 spiro atoms. The Bertz CT molecular complexity index is 1220. The summed E-state index contributed by atoms with van der Waals surface area (Å²) in [5.41, 5.74) is 0.739. The lowest BCUT2D eigenvalue weighted by atomic mass is 10.0. The van der Waals surface area contributed by atoms with E-state index < -0.39 is 29.7 Å². The van der Waals surface area contributed by atoms with Gasteiger partial charge in [0.15, 0.2) is 0 Å². The first-order chi connectivity index (χ1) is 14.8. The fraction of sp³-hybridized carbons (Fsp3) is 0.136. The van der Waals surface area contributed by atoms with Crippen molar-refractivity contribution in [3.05, 3.63) is 80.3 Å². The van der Waals surface area contributed by atoms with Crippen LogP contribution in [0, 0.1) is 5.82 Å². The number of benzene rings is 2. The zero-order valence-electron chi connectivity index (χ0n) is 16.1. The number of rotatable bonds is 5. The number of ether oxygens (including phenoxy) is 1. The molecule has 2 heterocycles. The van der Waals surface area contributed by atoms with Gasteiger partial charge in [0.1, 0.15) is 22.5 Å². The number of hydrogen-bond donors (Lipinski definition) is 1. The molecule has 4 rings (SSSR count). The van der Waals surface area contributed by atoms with Crippen LogP contribution in [0.2, 0.25) is 5.02 Å². The van der Waals surface area contributed by atoms with E-state index in [9.17, 15) is 23.9 Å². The molecule has 1 aliphatic heterocycles. The number of carbonyl (C=O) groups excluding carboxylic acids is 2. The quantitative estimate of drug-likeness (QED) is 0.536. The number of amides is 2. The smallest absolute Gasteiger partial charge is 0.346 e. The van der Waals surface area contributed by atoms with E-state index in [1.807, 2.05) is 6.07 Å². The van der Waals surface area contributed by atoms with Crippen LogP contribution in [-0.2, 0) is 11.2 Å². The zero-order chi connectivity index (χ0) is 22.3. The molecular formula is C22H15ClFNO5S. The number of carboxylic acid groups (broad SMARTS) is 1. The molecule has 0 aliphatic carbocycles. The van der Waals surface area contributed by atoms with Gasteiger partial charge < -0.3 is 9.84 Å². The van der Waals surface area contributed by atoms with Crippen molar-refractivity contribution in [2.45, 2.75) is 19.4 Å². The van der Waals surface area contributed by atoms with Gasteiger partial charge in [0.05, 0.1) is 17.7 Å². The van der Waals surface area contributed by atoms with Gasteiger partial charge in [-0.2, -0.15) is 0 Å². The molecular weight excluding hydrogens is 445 g/mol. The molecule has 1 atom stereocenters. The number of thiophene rings is 1. The van der Waals surface area contributed by atoms with Crippen molar-refractivity contribution in [2.24, 2.45) is 0 Å². The molecule has 3 aromatic rings. The molecule has 1 unspecified atom stereocenters. The van der Waals surface area contributed by atoms with Gasteiger partial charge in [0.2, 0.25) is 5.91 Å². The Morgan fingerprint density at radius 3 is 2.74 bits per heavy atom. The molecule has 31 heavy (non-hydrogen) atoms. The SMILES string of the molecule is CC(Oc1ccc(F)c(N2C(=O)Cc3csc(C(=O)O)c3C2=O)c1)c1cccc(Cl)c1. The van der Waals surface area contributed by atoms with Gasteiger partial charge >= 0.3 is 5.97 Å². The fourth-order valence-electron chi connectivity index (χ4n) is 3.40. The van der Waals surface area contributed by atoms with Gasteiger partial charge in [-0.25, -0.2) is 14.1 Å². The highest BCUT2D eigenvalue weighted by atomic mass is 35.5. The summed E-state index contributed by atoms with van der Waals surface area (Å²) in [5.74, 6) is -3.36. The van der Waals surface area contributed by atoms with Crippen LogP contribution >= 0.6 is 22.9 Å². The summed E-state index contributed by atoms with van der Waals surface area (Å²) in [4.78, 5) is 37.6. The van der Waals surface area contributed by atoms with E-state index >= 15 is 0 Å². The third-order valence-corrected chi connectivity index (χ3v) is 6.11. The van der Waals surface area contributed by atoms with Crippen molar-refractivity contribution in [1.29, 1.82) is 0 Å². The van der Waals surface area contributed by atoms with Crippen LogP contribution in [-0.4, -0.2) is 22.9 Å². The largest absolute Gasteiger partial charge is 0.486 e. The first-order valence-electron chi connectivity index (χ1n) is 9.19. The maximum Gasteiger partial charge on any atom is 0.346 e. The number of nitrogens with zero attached hydrogens (tertiary/aromatic N) is 1. The predicted octanol–water partition coefficient (Wildman–Crippen LogP) is 5.11. The first kappa shape index (κ1) is 21.0. The Morgan fingerprint density at radius 2 is 2.03 bits per heavy atom. The van der Waals surface area contributed by atoms with E-state index in [2.05, 4.69) is 0 Å². The number of halogens is 2. The van der Waals surface area contributed by atoms with Crippen molar-refractivity contribution >= 4 is 46.4 Å². The van der Waals surface area contributed by atoms with Gasteiger partial charge in [-0.05, 0) is 47.7 Å². The highest BCUT2D eigenvalue weighted by molar-refractivity contribution is 7.12. The molecule has 1 aliphatic rings. The first-order valence-corrected chi connectivity index (χ1v) is 10.4. The average Bonchev–Trinajstić information content (AvgIpc) is 3.14. The van der Waals surface area contributed by atoms with Crippen LogP contribution < -0.4 is 9.64 Å². The zero-order valence-corrected chi connectivity index (χ0v) is 17.7. The minimum atomic E-state index is -1.28. The number of fused-ring (bicyclic) bond motifs is 1. The number of carbonyl (C=O) groups is 3. The fourth-order valence-corrected chi connectivity index (χ4v) is 4.49. The second-order valence-corrected chi connectivity index (χ2v) is 8.23.